The molecule has 0 aliphatic heterocycles. The molecule has 0 saturated heterocycles. The molecule has 0 fully saturated rings. The second kappa shape index (κ2) is 7.29. The molecular weight excluding hydrogens is 308 g/mol. The lowest BCUT2D eigenvalue weighted by molar-refractivity contribution is 0.0377. The van der Waals surface area contributed by atoms with E-state index < -0.39 is 11.9 Å². The second-order valence-corrected chi connectivity index (χ2v) is 5.82. The number of carbonyl (C=O) groups excluding carboxylic acids is 2. The molecule has 0 radical (unpaired) electrons. The summed E-state index contributed by atoms with van der Waals surface area (Å²) in [7, 11) is 3.69. The third kappa shape index (κ3) is 3.64. The van der Waals surface area contributed by atoms with Crippen molar-refractivity contribution in [1.82, 2.24) is 4.98 Å². The van der Waals surface area contributed by atoms with Gasteiger partial charge in [-0.05, 0) is 39.0 Å². The molecule has 0 spiro atoms. The lowest BCUT2D eigenvalue weighted by Gasteiger charge is -2.19. The summed E-state index contributed by atoms with van der Waals surface area (Å²) in [4.78, 5) is 30.3. The van der Waals surface area contributed by atoms with Gasteiger partial charge in [0.05, 0.1) is 29.5 Å². The Hall–Kier alpha value is -2.63. The Morgan fingerprint density at radius 3 is 2.50 bits per heavy atom. The summed E-state index contributed by atoms with van der Waals surface area (Å²) in [6, 6.07) is 5.12. The number of ether oxygens (including phenoxy) is 2. The number of fused-ring (bicyclic) bond motifs is 1. The molecule has 0 bridgehead atoms. The Labute approximate surface area is 141 Å². The lowest BCUT2D eigenvalue weighted by atomic mass is 10.1. The third-order valence-corrected chi connectivity index (χ3v) is 3.36. The van der Waals surface area contributed by atoms with Gasteiger partial charge >= 0.3 is 11.9 Å². The van der Waals surface area contributed by atoms with Crippen LogP contribution in [0.1, 0.15) is 41.5 Å². The fourth-order valence-electron chi connectivity index (χ4n) is 2.43. The number of nitrogens with zero attached hydrogens (tertiary/aromatic N) is 2. The van der Waals surface area contributed by atoms with E-state index in [1.807, 2.05) is 19.0 Å². The van der Waals surface area contributed by atoms with Crippen LogP contribution in [0, 0.1) is 0 Å². The number of hydrogen-bond acceptors (Lipinski definition) is 6. The molecule has 2 aromatic rings. The molecule has 0 atom stereocenters. The molecule has 1 aromatic carbocycles. The Morgan fingerprint density at radius 2 is 1.92 bits per heavy atom. The number of rotatable bonds is 5. The van der Waals surface area contributed by atoms with Gasteiger partial charge in [0.25, 0.3) is 0 Å². The van der Waals surface area contributed by atoms with E-state index in [-0.39, 0.29) is 6.10 Å². The van der Waals surface area contributed by atoms with E-state index in [2.05, 4.69) is 4.98 Å². The molecule has 6 nitrogen and oxygen atoms in total. The van der Waals surface area contributed by atoms with Gasteiger partial charge in [0.15, 0.2) is 0 Å². The fourth-order valence-corrected chi connectivity index (χ4v) is 2.43. The Morgan fingerprint density at radius 1 is 1.21 bits per heavy atom. The first-order chi connectivity index (χ1) is 11.3. The van der Waals surface area contributed by atoms with Crippen LogP contribution in [0.3, 0.4) is 0 Å². The highest BCUT2D eigenvalue weighted by molar-refractivity contribution is 6.06. The van der Waals surface area contributed by atoms with Crippen molar-refractivity contribution in [1.29, 1.82) is 0 Å². The first kappa shape index (κ1) is 17.7. The van der Waals surface area contributed by atoms with Crippen molar-refractivity contribution in [2.75, 3.05) is 25.6 Å². The van der Waals surface area contributed by atoms with Crippen LogP contribution < -0.4 is 4.90 Å². The topological polar surface area (TPSA) is 68.7 Å². The average molecular weight is 330 g/mol. The molecule has 128 valence electrons. The zero-order valence-corrected chi connectivity index (χ0v) is 14.6. The number of hydrogen-bond donors (Lipinski definition) is 0. The zero-order valence-electron chi connectivity index (χ0n) is 14.6. The van der Waals surface area contributed by atoms with Gasteiger partial charge < -0.3 is 14.4 Å². The van der Waals surface area contributed by atoms with Crippen molar-refractivity contribution in [3.63, 3.8) is 0 Å². The van der Waals surface area contributed by atoms with Crippen LogP contribution in [0.2, 0.25) is 0 Å². The van der Waals surface area contributed by atoms with Crippen molar-refractivity contribution < 1.29 is 19.1 Å². The van der Waals surface area contributed by atoms with Crippen LogP contribution in [0.25, 0.3) is 10.9 Å². The number of esters is 2. The van der Waals surface area contributed by atoms with Crippen LogP contribution in [-0.4, -0.2) is 43.7 Å². The van der Waals surface area contributed by atoms with E-state index in [4.69, 9.17) is 9.47 Å². The van der Waals surface area contributed by atoms with Crippen LogP contribution in [0.15, 0.2) is 24.4 Å². The molecule has 0 aliphatic carbocycles. The molecule has 0 unspecified atom stereocenters. The molecular formula is C18H22N2O4. The number of benzene rings is 1. The summed E-state index contributed by atoms with van der Waals surface area (Å²) < 4.78 is 10.3. The van der Waals surface area contributed by atoms with E-state index in [1.54, 1.807) is 39.0 Å². The van der Waals surface area contributed by atoms with Crippen LogP contribution in [-0.2, 0) is 9.47 Å². The summed E-state index contributed by atoms with van der Waals surface area (Å²) in [5.74, 6) is -0.812. The van der Waals surface area contributed by atoms with Crippen molar-refractivity contribution in [3.8, 4) is 0 Å². The summed E-state index contributed by atoms with van der Waals surface area (Å²) >= 11 is 0. The quantitative estimate of drug-likeness (QED) is 0.785. The molecule has 1 heterocycles. The SMILES string of the molecule is CCOC(=O)c1cnc2cc(C(=O)OC(C)C)ccc2c1N(C)C. The fraction of sp³-hybridized carbons (Fsp3) is 0.389. The van der Waals surface area contributed by atoms with E-state index in [1.165, 1.54) is 6.20 Å². The van der Waals surface area contributed by atoms with Gasteiger partial charge in [0.2, 0.25) is 0 Å². The van der Waals surface area contributed by atoms with Crippen LogP contribution in [0.4, 0.5) is 5.69 Å². The molecule has 0 N–H and O–H groups in total. The Bertz CT molecular complexity index is 769. The van der Waals surface area contributed by atoms with Gasteiger partial charge in [-0.1, -0.05) is 0 Å². The largest absolute Gasteiger partial charge is 0.462 e. The summed E-state index contributed by atoms with van der Waals surface area (Å²) in [6.45, 7) is 5.65. The van der Waals surface area contributed by atoms with E-state index in [9.17, 15) is 9.59 Å². The lowest BCUT2D eigenvalue weighted by Crippen LogP contribution is -2.17. The van der Waals surface area contributed by atoms with Gasteiger partial charge in [0, 0.05) is 25.7 Å². The van der Waals surface area contributed by atoms with Crippen LogP contribution >= 0.6 is 0 Å². The minimum Gasteiger partial charge on any atom is -0.462 e. The molecule has 2 rings (SSSR count). The Balaban J connectivity index is 2.55. The molecule has 6 heteroatoms. The molecule has 24 heavy (non-hydrogen) atoms. The minimum absolute atomic E-state index is 0.190. The predicted molar refractivity (Wildman–Crippen MR) is 92.6 cm³/mol. The van der Waals surface area contributed by atoms with Crippen molar-refractivity contribution >= 4 is 28.5 Å². The number of anilines is 1. The summed E-state index contributed by atoms with van der Waals surface area (Å²) in [5.41, 5.74) is 2.15. The highest BCUT2D eigenvalue weighted by atomic mass is 16.5. The number of pyridine rings is 1. The van der Waals surface area contributed by atoms with Crippen LogP contribution in [0.5, 0.6) is 0 Å². The highest BCUT2D eigenvalue weighted by Crippen LogP contribution is 2.29. The normalized spacial score (nSPS) is 10.8. The van der Waals surface area contributed by atoms with Gasteiger partial charge in [0.1, 0.15) is 5.56 Å². The maximum Gasteiger partial charge on any atom is 0.341 e. The summed E-state index contributed by atoms with van der Waals surface area (Å²) in [5, 5.41) is 0.770. The maximum absolute atomic E-state index is 12.1. The molecule has 0 aliphatic rings. The first-order valence-electron chi connectivity index (χ1n) is 7.83. The van der Waals surface area contributed by atoms with Gasteiger partial charge in [-0.3, -0.25) is 4.98 Å². The minimum atomic E-state index is -0.418. The van der Waals surface area contributed by atoms with E-state index >= 15 is 0 Å². The second-order valence-electron chi connectivity index (χ2n) is 5.82. The molecule has 0 saturated carbocycles. The van der Waals surface area contributed by atoms with E-state index in [0.29, 0.717) is 28.9 Å². The standard InChI is InChI=1S/C18H22N2O4/c1-6-23-18(22)14-10-19-15-9-12(17(21)24-11(2)3)7-8-13(15)16(14)20(4)5/h7-11H,6H2,1-5H3. The average Bonchev–Trinajstić information content (AvgIpc) is 2.52. The highest BCUT2D eigenvalue weighted by Gasteiger charge is 2.19. The molecule has 0 amide bonds. The van der Waals surface area contributed by atoms with Crippen molar-refractivity contribution in [3.05, 3.63) is 35.5 Å². The van der Waals surface area contributed by atoms with Gasteiger partial charge in [-0.25, -0.2) is 9.59 Å². The first-order valence-corrected chi connectivity index (χ1v) is 7.83. The maximum atomic E-state index is 12.1. The Kier molecular flexibility index (Phi) is 5.39. The van der Waals surface area contributed by atoms with E-state index in [0.717, 1.165) is 5.39 Å². The van der Waals surface area contributed by atoms with Gasteiger partial charge in [-0.15, -0.1) is 0 Å². The molecule has 1 aromatic heterocycles. The number of carbonyl (C=O) groups is 2. The predicted octanol–water partition coefficient (Wildman–Crippen LogP) is 3.04. The number of aromatic nitrogens is 1. The zero-order chi connectivity index (χ0) is 17.9. The monoisotopic (exact) mass is 330 g/mol. The summed E-state index contributed by atoms with van der Waals surface area (Å²) in [6.07, 6.45) is 1.29. The van der Waals surface area contributed by atoms with Crippen molar-refractivity contribution in [2.45, 2.75) is 26.9 Å². The third-order valence-electron chi connectivity index (χ3n) is 3.36. The van der Waals surface area contributed by atoms with Gasteiger partial charge in [-0.2, -0.15) is 0 Å². The van der Waals surface area contributed by atoms with Crippen molar-refractivity contribution in [2.24, 2.45) is 0 Å². The smallest absolute Gasteiger partial charge is 0.341 e.